The molecule has 5 heteroatoms. The van der Waals surface area contributed by atoms with Crippen molar-refractivity contribution < 1.29 is 19.0 Å². The summed E-state index contributed by atoms with van der Waals surface area (Å²) < 4.78 is 16.4. The van der Waals surface area contributed by atoms with Crippen LogP contribution in [-0.2, 0) is 11.2 Å². The number of carbonyl (C=O) groups is 1. The second kappa shape index (κ2) is 8.23. The van der Waals surface area contributed by atoms with Crippen LogP contribution in [-0.4, -0.2) is 44.7 Å². The molecule has 26 heavy (non-hydrogen) atoms. The Bertz CT molecular complexity index is 757. The SMILES string of the molecule is CCc1ccc(C2CN(C(=O)c3ccc(OC)c(OC)c3)CCO2)cc1. The van der Waals surface area contributed by atoms with Gasteiger partial charge < -0.3 is 19.1 Å². The van der Waals surface area contributed by atoms with Gasteiger partial charge in [0.05, 0.1) is 27.4 Å². The molecule has 1 amide bonds. The minimum Gasteiger partial charge on any atom is -0.493 e. The van der Waals surface area contributed by atoms with E-state index in [-0.39, 0.29) is 12.0 Å². The molecule has 0 aromatic heterocycles. The summed E-state index contributed by atoms with van der Waals surface area (Å²) in [5, 5.41) is 0. The number of nitrogens with zero attached hydrogens (tertiary/aromatic N) is 1. The molecule has 3 rings (SSSR count). The molecule has 0 bridgehead atoms. The molecule has 1 saturated heterocycles. The van der Waals surface area contributed by atoms with E-state index in [0.717, 1.165) is 12.0 Å². The largest absolute Gasteiger partial charge is 0.493 e. The summed E-state index contributed by atoms with van der Waals surface area (Å²) in [5.74, 6) is 1.14. The molecule has 138 valence electrons. The number of methoxy groups -OCH3 is 2. The highest BCUT2D eigenvalue weighted by Gasteiger charge is 2.26. The van der Waals surface area contributed by atoms with E-state index in [1.165, 1.54) is 5.56 Å². The Hall–Kier alpha value is -2.53. The summed E-state index contributed by atoms with van der Waals surface area (Å²) in [6.45, 7) is 3.78. The number of ether oxygens (including phenoxy) is 3. The van der Waals surface area contributed by atoms with Crippen LogP contribution in [0.5, 0.6) is 11.5 Å². The molecule has 1 heterocycles. The fourth-order valence-corrected chi connectivity index (χ4v) is 3.16. The second-order valence-electron chi connectivity index (χ2n) is 6.28. The number of amides is 1. The maximum absolute atomic E-state index is 12.9. The lowest BCUT2D eigenvalue weighted by Crippen LogP contribution is -2.42. The molecule has 0 saturated carbocycles. The van der Waals surface area contributed by atoms with Crippen LogP contribution in [0.1, 0.15) is 34.5 Å². The highest BCUT2D eigenvalue weighted by molar-refractivity contribution is 5.95. The van der Waals surface area contributed by atoms with Crippen molar-refractivity contribution in [1.82, 2.24) is 4.90 Å². The lowest BCUT2D eigenvalue weighted by molar-refractivity contribution is -0.0228. The Labute approximate surface area is 154 Å². The summed E-state index contributed by atoms with van der Waals surface area (Å²) in [6, 6.07) is 13.7. The molecular weight excluding hydrogens is 330 g/mol. The fourth-order valence-electron chi connectivity index (χ4n) is 3.16. The second-order valence-corrected chi connectivity index (χ2v) is 6.28. The van der Waals surface area contributed by atoms with Crippen molar-refractivity contribution in [2.45, 2.75) is 19.4 Å². The van der Waals surface area contributed by atoms with Gasteiger partial charge in [0.1, 0.15) is 6.10 Å². The van der Waals surface area contributed by atoms with E-state index >= 15 is 0 Å². The van der Waals surface area contributed by atoms with Crippen LogP contribution in [0.4, 0.5) is 0 Å². The zero-order valence-electron chi connectivity index (χ0n) is 15.5. The molecule has 1 fully saturated rings. The number of carbonyl (C=O) groups excluding carboxylic acids is 1. The number of benzene rings is 2. The van der Waals surface area contributed by atoms with Gasteiger partial charge in [-0.3, -0.25) is 4.79 Å². The topological polar surface area (TPSA) is 48.0 Å². The number of morpholine rings is 1. The van der Waals surface area contributed by atoms with Crippen molar-refractivity contribution in [3.63, 3.8) is 0 Å². The molecule has 0 N–H and O–H groups in total. The Morgan fingerprint density at radius 3 is 2.50 bits per heavy atom. The van der Waals surface area contributed by atoms with E-state index < -0.39 is 0 Å². The first-order chi connectivity index (χ1) is 12.7. The molecule has 0 radical (unpaired) electrons. The van der Waals surface area contributed by atoms with Crippen LogP contribution in [0, 0.1) is 0 Å². The molecule has 0 spiro atoms. The maximum atomic E-state index is 12.9. The van der Waals surface area contributed by atoms with Crippen molar-refractivity contribution in [2.75, 3.05) is 33.9 Å². The normalized spacial score (nSPS) is 17.0. The van der Waals surface area contributed by atoms with Crippen LogP contribution in [0.25, 0.3) is 0 Å². The summed E-state index contributed by atoms with van der Waals surface area (Å²) >= 11 is 0. The summed E-state index contributed by atoms with van der Waals surface area (Å²) in [7, 11) is 3.15. The highest BCUT2D eigenvalue weighted by atomic mass is 16.5. The monoisotopic (exact) mass is 355 g/mol. The Balaban J connectivity index is 1.75. The van der Waals surface area contributed by atoms with Crippen LogP contribution < -0.4 is 9.47 Å². The first-order valence-electron chi connectivity index (χ1n) is 8.88. The smallest absolute Gasteiger partial charge is 0.254 e. The minimum absolute atomic E-state index is 0.0237. The molecule has 1 atom stereocenters. The number of hydrogen-bond acceptors (Lipinski definition) is 4. The van der Waals surface area contributed by atoms with Gasteiger partial charge in [-0.15, -0.1) is 0 Å². The molecule has 2 aromatic rings. The van der Waals surface area contributed by atoms with Crippen LogP contribution in [0.2, 0.25) is 0 Å². The molecule has 0 aliphatic carbocycles. The lowest BCUT2D eigenvalue weighted by atomic mass is 10.0. The van der Waals surface area contributed by atoms with Gasteiger partial charge in [-0.1, -0.05) is 31.2 Å². The van der Waals surface area contributed by atoms with Crippen LogP contribution in [0.3, 0.4) is 0 Å². The summed E-state index contributed by atoms with van der Waals surface area (Å²) in [5.41, 5.74) is 2.99. The van der Waals surface area contributed by atoms with E-state index in [1.54, 1.807) is 32.4 Å². The quantitative estimate of drug-likeness (QED) is 0.824. The molecule has 2 aromatic carbocycles. The van der Waals surface area contributed by atoms with E-state index in [0.29, 0.717) is 36.8 Å². The Morgan fingerprint density at radius 2 is 1.85 bits per heavy atom. The van der Waals surface area contributed by atoms with Gasteiger partial charge in [-0.05, 0) is 35.7 Å². The Morgan fingerprint density at radius 1 is 1.12 bits per heavy atom. The van der Waals surface area contributed by atoms with E-state index in [4.69, 9.17) is 14.2 Å². The third-order valence-electron chi connectivity index (χ3n) is 4.74. The maximum Gasteiger partial charge on any atom is 0.254 e. The van der Waals surface area contributed by atoms with Gasteiger partial charge >= 0.3 is 0 Å². The molecule has 1 unspecified atom stereocenters. The third kappa shape index (κ3) is 3.83. The lowest BCUT2D eigenvalue weighted by Gasteiger charge is -2.33. The van der Waals surface area contributed by atoms with Gasteiger partial charge in [-0.2, -0.15) is 0 Å². The van der Waals surface area contributed by atoms with Gasteiger partial charge in [0.2, 0.25) is 0 Å². The average Bonchev–Trinajstić information content (AvgIpc) is 2.72. The number of hydrogen-bond donors (Lipinski definition) is 0. The molecule has 1 aliphatic rings. The zero-order valence-corrected chi connectivity index (χ0v) is 15.5. The third-order valence-corrected chi connectivity index (χ3v) is 4.74. The van der Waals surface area contributed by atoms with Crippen LogP contribution in [0.15, 0.2) is 42.5 Å². The van der Waals surface area contributed by atoms with Crippen molar-refractivity contribution in [3.05, 3.63) is 59.2 Å². The van der Waals surface area contributed by atoms with E-state index in [2.05, 4.69) is 31.2 Å². The first kappa shape index (κ1) is 18.3. The van der Waals surface area contributed by atoms with Crippen molar-refractivity contribution in [3.8, 4) is 11.5 Å². The highest BCUT2D eigenvalue weighted by Crippen LogP contribution is 2.29. The molecule has 1 aliphatic heterocycles. The van der Waals surface area contributed by atoms with Crippen molar-refractivity contribution in [2.24, 2.45) is 0 Å². The summed E-state index contributed by atoms with van der Waals surface area (Å²) in [4.78, 5) is 14.8. The van der Waals surface area contributed by atoms with E-state index in [9.17, 15) is 4.79 Å². The number of rotatable bonds is 5. The first-order valence-corrected chi connectivity index (χ1v) is 8.88. The molecule has 5 nitrogen and oxygen atoms in total. The zero-order chi connectivity index (χ0) is 18.5. The average molecular weight is 355 g/mol. The van der Waals surface area contributed by atoms with E-state index in [1.807, 2.05) is 4.90 Å². The van der Waals surface area contributed by atoms with Crippen LogP contribution >= 0.6 is 0 Å². The van der Waals surface area contributed by atoms with Crippen molar-refractivity contribution in [1.29, 1.82) is 0 Å². The van der Waals surface area contributed by atoms with Gasteiger partial charge in [-0.25, -0.2) is 0 Å². The number of aryl methyl sites for hydroxylation is 1. The minimum atomic E-state index is -0.0984. The van der Waals surface area contributed by atoms with Gasteiger partial charge in [0.15, 0.2) is 11.5 Å². The standard InChI is InChI=1S/C21H25NO4/c1-4-15-5-7-16(8-6-15)20-14-22(11-12-26-20)21(23)17-9-10-18(24-2)19(13-17)25-3/h5-10,13,20H,4,11-12,14H2,1-3H3. The van der Waals surface area contributed by atoms with Crippen molar-refractivity contribution >= 4 is 5.91 Å². The fraction of sp³-hybridized carbons (Fsp3) is 0.381. The predicted molar refractivity (Wildman–Crippen MR) is 100.0 cm³/mol. The molecular formula is C21H25NO4. The van der Waals surface area contributed by atoms with Gasteiger partial charge in [0, 0.05) is 12.1 Å². The predicted octanol–water partition coefficient (Wildman–Crippen LogP) is 3.48. The Kier molecular flexibility index (Phi) is 5.78. The summed E-state index contributed by atoms with van der Waals surface area (Å²) in [6.07, 6.45) is 0.911. The van der Waals surface area contributed by atoms with Gasteiger partial charge in [0.25, 0.3) is 5.91 Å².